The molecule has 1 fully saturated rings. The van der Waals surface area contributed by atoms with E-state index in [0.717, 1.165) is 19.5 Å². The highest BCUT2D eigenvalue weighted by atomic mass is 28.3. The summed E-state index contributed by atoms with van der Waals surface area (Å²) in [4.78, 5) is 2.36. The summed E-state index contributed by atoms with van der Waals surface area (Å²) in [6.45, 7) is 6.28. The van der Waals surface area contributed by atoms with Crippen LogP contribution >= 0.6 is 0 Å². The smallest absolute Gasteiger partial charge is 0.183 e. The number of piperidine rings is 1. The van der Waals surface area contributed by atoms with Crippen LogP contribution < -0.4 is 15.6 Å². The summed E-state index contributed by atoms with van der Waals surface area (Å²) in [6, 6.07) is 32.3. The Morgan fingerprint density at radius 2 is 1.10 bits per heavy atom. The summed E-state index contributed by atoms with van der Waals surface area (Å²) in [5, 5.41) is 15.8. The van der Waals surface area contributed by atoms with Crippen LogP contribution in [0.15, 0.2) is 91.0 Å². The van der Waals surface area contributed by atoms with Crippen LogP contribution in [0.25, 0.3) is 0 Å². The largest absolute Gasteiger partial charge is 0.391 e. The van der Waals surface area contributed by atoms with Gasteiger partial charge in [-0.2, -0.15) is 0 Å². The second-order valence-electron chi connectivity index (χ2n) is 9.08. The minimum atomic E-state index is -2.78. The van der Waals surface area contributed by atoms with Gasteiger partial charge in [0.25, 0.3) is 0 Å². The molecule has 0 bridgehead atoms. The van der Waals surface area contributed by atoms with E-state index in [0.29, 0.717) is 0 Å². The molecule has 3 aromatic carbocycles. The van der Waals surface area contributed by atoms with Gasteiger partial charge in [0.2, 0.25) is 0 Å². The fraction of sp³-hybridized carbons (Fsp3) is 0.308. The molecule has 1 saturated heterocycles. The molecule has 1 unspecified atom stereocenters. The Morgan fingerprint density at radius 1 is 0.724 bits per heavy atom. The van der Waals surface area contributed by atoms with E-state index in [4.69, 9.17) is 0 Å². The summed E-state index contributed by atoms with van der Waals surface area (Å²) >= 11 is 0. The first-order valence-corrected chi connectivity index (χ1v) is 12.5. The summed E-state index contributed by atoms with van der Waals surface area (Å²) < 4.78 is 0. The normalized spacial score (nSPS) is 22.3. The van der Waals surface area contributed by atoms with Crippen molar-refractivity contribution >= 4 is 23.6 Å². The van der Waals surface area contributed by atoms with Crippen LogP contribution in [0.2, 0.25) is 0 Å². The first kappa shape index (κ1) is 20.1. The molecule has 1 N–H and O–H groups in total. The first-order valence-electron chi connectivity index (χ1n) is 10.5. The molecule has 2 nitrogen and oxygen atoms in total. The van der Waals surface area contributed by atoms with Crippen molar-refractivity contribution in [2.45, 2.75) is 25.5 Å². The second-order valence-corrected chi connectivity index (χ2v) is 13.1. The van der Waals surface area contributed by atoms with Crippen LogP contribution in [0.5, 0.6) is 0 Å². The van der Waals surface area contributed by atoms with Gasteiger partial charge < -0.3 is 10.0 Å². The number of benzene rings is 3. The lowest BCUT2D eigenvalue weighted by Crippen LogP contribution is -2.85. The van der Waals surface area contributed by atoms with E-state index >= 15 is 0 Å². The molecule has 3 heteroatoms. The molecule has 1 aliphatic rings. The van der Waals surface area contributed by atoms with Crippen LogP contribution in [0, 0.1) is 5.41 Å². The topological polar surface area (TPSA) is 23.5 Å². The van der Waals surface area contributed by atoms with Gasteiger partial charge in [0.15, 0.2) is 8.07 Å². The van der Waals surface area contributed by atoms with Crippen LogP contribution in [0.3, 0.4) is 0 Å². The van der Waals surface area contributed by atoms with E-state index in [1.54, 1.807) is 0 Å². The zero-order valence-corrected chi connectivity index (χ0v) is 18.7. The third-order valence-corrected chi connectivity index (χ3v) is 12.6. The molecule has 1 heterocycles. The van der Waals surface area contributed by atoms with Crippen molar-refractivity contribution in [3.05, 3.63) is 91.0 Å². The molecule has 0 spiro atoms. The van der Waals surface area contributed by atoms with Crippen molar-refractivity contribution in [3.8, 4) is 0 Å². The maximum atomic E-state index is 12.8. The van der Waals surface area contributed by atoms with Gasteiger partial charge in [-0.05, 0) is 29.0 Å². The Labute approximate surface area is 175 Å². The van der Waals surface area contributed by atoms with Crippen LogP contribution in [0.1, 0.15) is 20.3 Å². The quantitative estimate of drug-likeness (QED) is 0.537. The summed E-state index contributed by atoms with van der Waals surface area (Å²) in [5.41, 5.74) is -0.256. The maximum Gasteiger partial charge on any atom is 0.183 e. The average Bonchev–Trinajstić information content (AvgIpc) is 2.74. The Bertz CT molecular complexity index is 846. The summed E-state index contributed by atoms with van der Waals surface area (Å²) in [7, 11) is -0.619. The molecule has 150 valence electrons. The van der Waals surface area contributed by atoms with Gasteiger partial charge in [-0.1, -0.05) is 105 Å². The number of hydrogen-bond donors (Lipinski definition) is 1. The van der Waals surface area contributed by atoms with Gasteiger partial charge in [0.05, 0.1) is 5.22 Å². The monoisotopic (exact) mass is 401 g/mol. The van der Waals surface area contributed by atoms with E-state index in [-0.39, 0.29) is 5.41 Å². The van der Waals surface area contributed by atoms with Gasteiger partial charge in [-0.25, -0.2) is 0 Å². The number of likely N-dealkylation sites (tertiary alicyclic amines) is 1. The van der Waals surface area contributed by atoms with Gasteiger partial charge in [0, 0.05) is 18.5 Å². The molecule has 0 aliphatic carbocycles. The molecule has 1 atom stereocenters. The van der Waals surface area contributed by atoms with E-state index in [2.05, 4.69) is 117 Å². The molecular formula is C26H31NOSi. The number of rotatable bonds is 4. The lowest BCUT2D eigenvalue weighted by molar-refractivity contribution is -0.0572. The molecule has 0 saturated carbocycles. The van der Waals surface area contributed by atoms with Gasteiger partial charge >= 0.3 is 0 Å². The van der Waals surface area contributed by atoms with Crippen molar-refractivity contribution < 1.29 is 5.11 Å². The van der Waals surface area contributed by atoms with Gasteiger partial charge in [0.1, 0.15) is 0 Å². The van der Waals surface area contributed by atoms with Crippen molar-refractivity contribution in [1.82, 2.24) is 4.90 Å². The Hall–Kier alpha value is -2.20. The third-order valence-electron chi connectivity index (χ3n) is 6.88. The van der Waals surface area contributed by atoms with Crippen molar-refractivity contribution in [3.63, 3.8) is 0 Å². The zero-order chi connectivity index (χ0) is 20.5. The summed E-state index contributed by atoms with van der Waals surface area (Å²) in [6.07, 6.45) is 0.765. The predicted octanol–water partition coefficient (Wildman–Crippen LogP) is 2.79. The van der Waals surface area contributed by atoms with E-state index in [1.807, 2.05) is 0 Å². The summed E-state index contributed by atoms with van der Waals surface area (Å²) in [5.74, 6) is 0. The molecule has 29 heavy (non-hydrogen) atoms. The molecule has 0 aromatic heterocycles. The van der Waals surface area contributed by atoms with Crippen LogP contribution in [0.4, 0.5) is 0 Å². The predicted molar refractivity (Wildman–Crippen MR) is 125 cm³/mol. The molecule has 1 aliphatic heterocycles. The highest BCUT2D eigenvalue weighted by Gasteiger charge is 2.63. The standard InChI is InChI=1S/C26H31NOSi/c1-25(2)21-27(3)20-19-26(25,28)29(22-13-7-4-8-14-22,23-15-9-5-10-16-23)24-17-11-6-12-18-24/h4-18,28H,19-21H2,1-3H3. The average molecular weight is 402 g/mol. The second kappa shape index (κ2) is 7.56. The number of hydrogen-bond acceptors (Lipinski definition) is 2. The number of nitrogens with zero attached hydrogens (tertiary/aromatic N) is 1. The minimum Gasteiger partial charge on any atom is -0.391 e. The van der Waals surface area contributed by atoms with Crippen LogP contribution in [-0.4, -0.2) is 43.4 Å². The zero-order valence-electron chi connectivity index (χ0n) is 17.7. The Morgan fingerprint density at radius 3 is 1.45 bits per heavy atom. The van der Waals surface area contributed by atoms with E-state index < -0.39 is 13.3 Å². The molecule has 4 rings (SSSR count). The van der Waals surface area contributed by atoms with Gasteiger partial charge in [-0.15, -0.1) is 0 Å². The first-order chi connectivity index (χ1) is 13.9. The van der Waals surface area contributed by atoms with Crippen molar-refractivity contribution in [1.29, 1.82) is 0 Å². The number of aliphatic hydroxyl groups is 1. The van der Waals surface area contributed by atoms with Crippen molar-refractivity contribution in [2.24, 2.45) is 5.41 Å². The third kappa shape index (κ3) is 3.09. The van der Waals surface area contributed by atoms with E-state index in [9.17, 15) is 5.11 Å². The molecule has 3 aromatic rings. The van der Waals surface area contributed by atoms with Crippen LogP contribution in [-0.2, 0) is 0 Å². The fourth-order valence-corrected chi connectivity index (χ4v) is 11.6. The SMILES string of the molecule is CN1CCC(O)([Si](c2ccccc2)(c2ccccc2)c2ccccc2)C(C)(C)C1. The molecular weight excluding hydrogens is 370 g/mol. The van der Waals surface area contributed by atoms with Gasteiger partial charge in [-0.3, -0.25) is 0 Å². The Balaban J connectivity index is 2.12. The van der Waals surface area contributed by atoms with E-state index in [1.165, 1.54) is 15.6 Å². The minimum absolute atomic E-state index is 0.256. The molecule has 0 amide bonds. The molecule has 0 radical (unpaired) electrons. The van der Waals surface area contributed by atoms with Crippen molar-refractivity contribution in [2.75, 3.05) is 20.1 Å². The Kier molecular flexibility index (Phi) is 5.24. The lowest BCUT2D eigenvalue weighted by Gasteiger charge is -2.58. The lowest BCUT2D eigenvalue weighted by atomic mass is 9.80. The fourth-order valence-electron chi connectivity index (χ4n) is 5.55. The maximum absolute atomic E-state index is 12.8. The highest BCUT2D eigenvalue weighted by molar-refractivity contribution is 7.13. The highest BCUT2D eigenvalue weighted by Crippen LogP contribution is 2.44.